The Kier molecular flexibility index (Phi) is 9.36. The van der Waals surface area contributed by atoms with Crippen molar-refractivity contribution in [1.82, 2.24) is 15.1 Å². The molecule has 0 saturated carbocycles. The Morgan fingerprint density at radius 2 is 1.53 bits per heavy atom. The number of urea groups is 1. The van der Waals surface area contributed by atoms with Crippen molar-refractivity contribution in [3.05, 3.63) is 119 Å². The highest BCUT2D eigenvalue weighted by atomic mass is 19.1. The van der Waals surface area contributed by atoms with Gasteiger partial charge in [0.05, 0.1) is 6.61 Å². The predicted molar refractivity (Wildman–Crippen MR) is 195 cm³/mol. The van der Waals surface area contributed by atoms with Crippen LogP contribution in [-0.4, -0.2) is 85.3 Å². The Morgan fingerprint density at radius 1 is 0.784 bits per heavy atom. The van der Waals surface area contributed by atoms with Gasteiger partial charge in [0.1, 0.15) is 17.3 Å². The fourth-order valence-electron chi connectivity index (χ4n) is 8.35. The summed E-state index contributed by atoms with van der Waals surface area (Å²) < 4.78 is 21.3. The lowest BCUT2D eigenvalue weighted by atomic mass is 9.76. The summed E-state index contributed by atoms with van der Waals surface area (Å²) in [4.78, 5) is 32.5. The molecule has 4 aromatic carbocycles. The number of anilines is 2. The van der Waals surface area contributed by atoms with Crippen molar-refractivity contribution in [3.8, 4) is 11.5 Å². The number of nitrogens with zero attached hydrogens (tertiary/aromatic N) is 4. The smallest absolute Gasteiger partial charge is 0.328 e. The summed E-state index contributed by atoms with van der Waals surface area (Å²) in [5.74, 6) is 0.646. The average Bonchev–Trinajstić information content (AvgIpc) is 3.16. The molecule has 4 aromatic rings. The number of imide groups is 1. The Bertz CT molecular complexity index is 1870. The molecular formula is C41H44FN5O4. The monoisotopic (exact) mass is 689 g/mol. The molecule has 2 unspecified atom stereocenters. The number of phenolic OH excluding ortho intramolecular Hbond substituents is 1. The van der Waals surface area contributed by atoms with E-state index >= 15 is 4.39 Å². The topological polar surface area (TPSA) is 88.6 Å². The van der Waals surface area contributed by atoms with Gasteiger partial charge in [0.25, 0.3) is 0 Å². The minimum absolute atomic E-state index is 0.127. The zero-order valence-electron chi connectivity index (χ0n) is 28.7. The van der Waals surface area contributed by atoms with Gasteiger partial charge in [0, 0.05) is 105 Å². The molecule has 4 heterocycles. The Morgan fingerprint density at radius 3 is 2.25 bits per heavy atom. The number of phenols is 1. The summed E-state index contributed by atoms with van der Waals surface area (Å²) in [7, 11) is 0. The first-order valence-corrected chi connectivity index (χ1v) is 18.1. The van der Waals surface area contributed by atoms with Gasteiger partial charge in [-0.25, -0.2) is 9.18 Å². The van der Waals surface area contributed by atoms with Crippen LogP contribution in [0, 0.1) is 5.82 Å². The zero-order chi connectivity index (χ0) is 34.9. The van der Waals surface area contributed by atoms with Crippen molar-refractivity contribution in [1.29, 1.82) is 0 Å². The molecule has 8 rings (SSSR count). The third-order valence-corrected chi connectivity index (χ3v) is 11.2. The maximum Gasteiger partial charge on any atom is 0.328 e. The second-order valence-corrected chi connectivity index (χ2v) is 14.2. The summed E-state index contributed by atoms with van der Waals surface area (Å²) >= 11 is 0. The minimum atomic E-state index is -0.504. The van der Waals surface area contributed by atoms with Gasteiger partial charge in [-0.3, -0.25) is 24.8 Å². The second-order valence-electron chi connectivity index (χ2n) is 14.2. The van der Waals surface area contributed by atoms with Crippen molar-refractivity contribution >= 4 is 23.3 Å². The van der Waals surface area contributed by atoms with Crippen molar-refractivity contribution in [2.75, 3.05) is 62.2 Å². The molecule has 10 heteroatoms. The number of benzene rings is 4. The van der Waals surface area contributed by atoms with E-state index in [1.54, 1.807) is 24.3 Å². The lowest BCUT2D eigenvalue weighted by molar-refractivity contribution is -0.120. The highest BCUT2D eigenvalue weighted by Gasteiger charge is 2.34. The van der Waals surface area contributed by atoms with E-state index in [4.69, 9.17) is 4.74 Å². The van der Waals surface area contributed by atoms with Crippen molar-refractivity contribution in [3.63, 3.8) is 0 Å². The molecule has 2 N–H and O–H groups in total. The largest absolute Gasteiger partial charge is 0.508 e. The fourth-order valence-corrected chi connectivity index (χ4v) is 8.35. The number of carbonyl (C=O) groups is 2. The number of amides is 3. The highest BCUT2D eigenvalue weighted by Crippen LogP contribution is 2.47. The van der Waals surface area contributed by atoms with E-state index in [2.05, 4.69) is 68.5 Å². The predicted octanol–water partition coefficient (Wildman–Crippen LogP) is 6.07. The Labute approximate surface area is 298 Å². The quantitative estimate of drug-likeness (QED) is 0.244. The van der Waals surface area contributed by atoms with E-state index in [9.17, 15) is 14.7 Å². The number of hydrogen-bond donors (Lipinski definition) is 2. The van der Waals surface area contributed by atoms with E-state index in [1.807, 2.05) is 12.1 Å². The molecule has 3 saturated heterocycles. The number of nitrogens with one attached hydrogen (secondary N) is 1. The SMILES string of the molecule is O=C1CCN(c2ccc(CN3CCN(C4CCN(c5ccc(C6c7ccc(O)cc7OCC6c6ccccc6)cc5)CC4)CC3)c(F)c2)C(=O)N1. The van der Waals surface area contributed by atoms with Crippen LogP contribution in [0.1, 0.15) is 53.4 Å². The molecule has 0 bridgehead atoms. The van der Waals surface area contributed by atoms with Gasteiger partial charge in [-0.1, -0.05) is 54.6 Å². The van der Waals surface area contributed by atoms with Crippen LogP contribution in [-0.2, 0) is 11.3 Å². The molecule has 0 spiro atoms. The fraction of sp³-hybridized carbons (Fsp3) is 0.366. The van der Waals surface area contributed by atoms with Crippen molar-refractivity contribution in [2.24, 2.45) is 0 Å². The van der Waals surface area contributed by atoms with Gasteiger partial charge in [-0.05, 0) is 54.3 Å². The number of aromatic hydroxyl groups is 1. The van der Waals surface area contributed by atoms with Gasteiger partial charge in [0.15, 0.2) is 0 Å². The molecule has 0 radical (unpaired) electrons. The summed E-state index contributed by atoms with van der Waals surface area (Å²) in [5.41, 5.74) is 5.94. The lowest BCUT2D eigenvalue weighted by Gasteiger charge is -2.43. The van der Waals surface area contributed by atoms with E-state index in [-0.39, 0.29) is 42.3 Å². The molecular weight excluding hydrogens is 645 g/mol. The molecule has 4 aliphatic heterocycles. The Balaban J connectivity index is 0.853. The first-order chi connectivity index (χ1) is 24.9. The number of fused-ring (bicyclic) bond motifs is 1. The van der Waals surface area contributed by atoms with E-state index in [0.29, 0.717) is 30.4 Å². The van der Waals surface area contributed by atoms with Crippen molar-refractivity contribution < 1.29 is 23.8 Å². The van der Waals surface area contributed by atoms with E-state index < -0.39 is 6.03 Å². The van der Waals surface area contributed by atoms with Gasteiger partial charge < -0.3 is 14.7 Å². The second kappa shape index (κ2) is 14.4. The standard InChI is InChI=1S/C41H44FN5O4/c42-37-24-33(47-19-16-39(49)43-41(47)50)11-8-30(37)26-44-20-22-46(23-21-44)32-14-17-45(18-15-32)31-9-6-29(7-10-31)40-35-13-12-34(48)25-38(35)51-27-36(40)28-4-2-1-3-5-28/h1-13,24-25,32,36,40,48H,14-23,26-27H2,(H,43,49,50). The number of carbonyl (C=O) groups excluding carboxylic acids is 2. The maximum atomic E-state index is 15.1. The van der Waals surface area contributed by atoms with Crippen LogP contribution in [0.2, 0.25) is 0 Å². The average molecular weight is 690 g/mol. The maximum absolute atomic E-state index is 15.1. The summed E-state index contributed by atoms with van der Waals surface area (Å²) in [6.45, 7) is 7.08. The van der Waals surface area contributed by atoms with Crippen molar-refractivity contribution in [2.45, 2.75) is 43.7 Å². The number of piperazine rings is 1. The first-order valence-electron chi connectivity index (χ1n) is 18.1. The van der Waals surface area contributed by atoms with Gasteiger partial charge in [-0.2, -0.15) is 0 Å². The van der Waals surface area contributed by atoms with Gasteiger partial charge in [-0.15, -0.1) is 0 Å². The zero-order valence-corrected chi connectivity index (χ0v) is 28.7. The van der Waals surface area contributed by atoms with Crippen LogP contribution in [0.5, 0.6) is 11.5 Å². The molecule has 3 amide bonds. The number of halogens is 1. The number of hydrogen-bond acceptors (Lipinski definition) is 7. The molecule has 0 aromatic heterocycles. The minimum Gasteiger partial charge on any atom is -0.508 e. The van der Waals surface area contributed by atoms with Crippen LogP contribution in [0.25, 0.3) is 0 Å². The first kappa shape index (κ1) is 33.2. The number of rotatable bonds is 7. The number of ether oxygens (including phenoxy) is 1. The third kappa shape index (κ3) is 7.03. The molecule has 264 valence electrons. The van der Waals surface area contributed by atoms with E-state index in [0.717, 1.165) is 63.4 Å². The summed E-state index contributed by atoms with van der Waals surface area (Å²) in [6.07, 6.45) is 2.43. The molecule has 3 fully saturated rings. The van der Waals surface area contributed by atoms with Crippen LogP contribution in [0.4, 0.5) is 20.6 Å². The molecule has 9 nitrogen and oxygen atoms in total. The van der Waals surface area contributed by atoms with Crippen LogP contribution in [0.3, 0.4) is 0 Å². The molecule has 0 aliphatic carbocycles. The molecule has 2 atom stereocenters. The summed E-state index contributed by atoms with van der Waals surface area (Å²) in [5, 5.41) is 12.4. The summed E-state index contributed by atoms with van der Waals surface area (Å²) in [6, 6.07) is 30.1. The number of piperidine rings is 1. The molecule has 4 aliphatic rings. The van der Waals surface area contributed by atoms with Crippen LogP contribution < -0.4 is 19.9 Å². The van der Waals surface area contributed by atoms with Crippen LogP contribution >= 0.6 is 0 Å². The highest BCUT2D eigenvalue weighted by molar-refractivity contribution is 6.05. The van der Waals surface area contributed by atoms with Crippen LogP contribution in [0.15, 0.2) is 91.0 Å². The molecule has 51 heavy (non-hydrogen) atoms. The van der Waals surface area contributed by atoms with E-state index in [1.165, 1.54) is 27.8 Å². The van der Waals surface area contributed by atoms with Gasteiger partial charge >= 0.3 is 6.03 Å². The normalized spacial score (nSPS) is 22.0. The Hall–Kier alpha value is -4.93. The van der Waals surface area contributed by atoms with Gasteiger partial charge in [0.2, 0.25) is 5.91 Å². The lowest BCUT2D eigenvalue weighted by Crippen LogP contribution is -2.53. The third-order valence-electron chi connectivity index (χ3n) is 11.2.